The summed E-state index contributed by atoms with van der Waals surface area (Å²) >= 11 is 1.61. The van der Waals surface area contributed by atoms with Crippen molar-refractivity contribution >= 4 is 22.7 Å². The fourth-order valence-electron chi connectivity index (χ4n) is 3.93. The van der Waals surface area contributed by atoms with Crippen molar-refractivity contribution in [3.63, 3.8) is 0 Å². The van der Waals surface area contributed by atoms with Gasteiger partial charge >= 0.3 is 5.63 Å². The molecule has 0 spiro atoms. The number of aromatic nitrogens is 3. The van der Waals surface area contributed by atoms with Gasteiger partial charge in [0.2, 0.25) is 0 Å². The summed E-state index contributed by atoms with van der Waals surface area (Å²) in [6, 6.07) is 16.0. The lowest BCUT2D eigenvalue weighted by atomic mass is 9.95. The van der Waals surface area contributed by atoms with Gasteiger partial charge in [0.05, 0.1) is 0 Å². The average Bonchev–Trinajstić information content (AvgIpc) is 3.13. The summed E-state index contributed by atoms with van der Waals surface area (Å²) in [7, 11) is 0. The van der Waals surface area contributed by atoms with Crippen molar-refractivity contribution < 1.29 is 4.42 Å². The Labute approximate surface area is 186 Å². The Bertz CT molecular complexity index is 1260. The molecule has 5 nitrogen and oxygen atoms in total. The Balaban J connectivity index is 1.63. The van der Waals surface area contributed by atoms with Crippen molar-refractivity contribution in [3.05, 3.63) is 87.0 Å². The fraction of sp³-hybridized carbons (Fsp3) is 0.320. The molecule has 2 aromatic carbocycles. The van der Waals surface area contributed by atoms with Gasteiger partial charge in [-0.3, -0.25) is 0 Å². The molecule has 0 amide bonds. The molecule has 0 radical (unpaired) electrons. The molecule has 0 aliphatic heterocycles. The van der Waals surface area contributed by atoms with Crippen LogP contribution in [0.2, 0.25) is 0 Å². The van der Waals surface area contributed by atoms with Crippen LogP contribution in [0, 0.1) is 6.92 Å². The molecule has 0 saturated carbocycles. The van der Waals surface area contributed by atoms with Crippen molar-refractivity contribution in [1.82, 2.24) is 14.8 Å². The predicted molar refractivity (Wildman–Crippen MR) is 126 cm³/mol. The van der Waals surface area contributed by atoms with Gasteiger partial charge < -0.3 is 8.98 Å². The maximum atomic E-state index is 12.2. The topological polar surface area (TPSA) is 60.9 Å². The molecule has 0 atom stereocenters. The molecule has 4 rings (SSSR count). The molecule has 160 valence electrons. The van der Waals surface area contributed by atoms with Crippen LogP contribution in [-0.2, 0) is 18.7 Å². The Morgan fingerprint density at radius 3 is 2.58 bits per heavy atom. The van der Waals surface area contributed by atoms with E-state index in [2.05, 4.69) is 60.7 Å². The number of nitrogens with zero attached hydrogens (tertiary/aromatic N) is 3. The van der Waals surface area contributed by atoms with E-state index in [1.165, 1.54) is 11.1 Å². The van der Waals surface area contributed by atoms with E-state index in [0.29, 0.717) is 17.3 Å². The second-order valence-corrected chi connectivity index (χ2v) is 8.99. The van der Waals surface area contributed by atoms with Crippen molar-refractivity contribution in [2.45, 2.75) is 57.5 Å². The number of rotatable bonds is 7. The molecule has 0 unspecified atom stereocenters. The molecular weight excluding hydrogens is 406 g/mol. The maximum Gasteiger partial charge on any atom is 0.336 e. The lowest BCUT2D eigenvalue weighted by Gasteiger charge is -2.13. The predicted octanol–water partition coefficient (Wildman–Crippen LogP) is 5.72. The number of benzene rings is 2. The molecule has 0 bridgehead atoms. The summed E-state index contributed by atoms with van der Waals surface area (Å²) in [5, 5.41) is 10.7. The van der Waals surface area contributed by atoms with Crippen LogP contribution in [0.5, 0.6) is 0 Å². The first-order valence-electron chi connectivity index (χ1n) is 10.6. The lowest BCUT2D eigenvalue weighted by molar-refractivity contribution is 0.559. The summed E-state index contributed by atoms with van der Waals surface area (Å²) in [5.74, 6) is 1.98. The van der Waals surface area contributed by atoms with E-state index in [1.807, 2.05) is 24.3 Å². The second-order valence-electron chi connectivity index (χ2n) is 8.04. The smallest absolute Gasteiger partial charge is 0.336 e. The molecule has 0 saturated heterocycles. The first-order chi connectivity index (χ1) is 15.0. The van der Waals surface area contributed by atoms with Gasteiger partial charge in [0.15, 0.2) is 5.16 Å². The summed E-state index contributed by atoms with van der Waals surface area (Å²) in [6.07, 6.45) is 0.747. The van der Waals surface area contributed by atoms with Crippen LogP contribution in [0.25, 0.3) is 11.0 Å². The molecular formula is C25H27N3O2S. The number of fused-ring (bicyclic) bond motifs is 1. The Morgan fingerprint density at radius 2 is 1.87 bits per heavy atom. The van der Waals surface area contributed by atoms with Crippen molar-refractivity contribution in [1.29, 1.82) is 0 Å². The van der Waals surface area contributed by atoms with Gasteiger partial charge in [-0.25, -0.2) is 4.79 Å². The Hall–Kier alpha value is -2.86. The van der Waals surface area contributed by atoms with Gasteiger partial charge in [-0.1, -0.05) is 55.9 Å². The van der Waals surface area contributed by atoms with Crippen LogP contribution >= 0.6 is 11.8 Å². The van der Waals surface area contributed by atoms with E-state index in [1.54, 1.807) is 17.8 Å². The van der Waals surface area contributed by atoms with E-state index >= 15 is 0 Å². The molecule has 2 aromatic heterocycles. The number of thioether (sulfide) groups is 1. The summed E-state index contributed by atoms with van der Waals surface area (Å²) < 4.78 is 7.64. The van der Waals surface area contributed by atoms with E-state index in [-0.39, 0.29) is 5.63 Å². The zero-order valence-corrected chi connectivity index (χ0v) is 19.2. The molecule has 0 aliphatic rings. The van der Waals surface area contributed by atoms with E-state index in [0.717, 1.165) is 40.5 Å². The third-order valence-corrected chi connectivity index (χ3v) is 6.53. The van der Waals surface area contributed by atoms with Gasteiger partial charge in [0.25, 0.3) is 0 Å². The standard InChI is InChI=1S/C25H27N3O2S/c1-5-28-23(12-18-9-7-6-8-10-18)26-27-25(28)31-15-19-13-24(29)30-22-11-17(4)20(16(2)3)14-21(19)22/h6-11,13-14,16H,5,12,15H2,1-4H3. The van der Waals surface area contributed by atoms with Crippen LogP contribution in [0.15, 0.2) is 62.9 Å². The maximum absolute atomic E-state index is 12.2. The lowest BCUT2D eigenvalue weighted by Crippen LogP contribution is -2.05. The SMILES string of the molecule is CCn1c(Cc2ccccc2)nnc1SCc1cc(=O)oc2cc(C)c(C(C)C)cc12. The molecule has 0 fully saturated rings. The summed E-state index contributed by atoms with van der Waals surface area (Å²) in [4.78, 5) is 12.2. The first kappa shape index (κ1) is 21.4. The minimum atomic E-state index is -0.318. The third-order valence-electron chi connectivity index (χ3n) is 5.51. The highest BCUT2D eigenvalue weighted by atomic mass is 32.2. The third kappa shape index (κ3) is 4.59. The number of hydrogen-bond donors (Lipinski definition) is 0. The molecule has 4 aromatic rings. The molecule has 0 N–H and O–H groups in total. The minimum absolute atomic E-state index is 0.318. The van der Waals surface area contributed by atoms with Crippen LogP contribution < -0.4 is 5.63 Å². The second kappa shape index (κ2) is 9.10. The summed E-state index contributed by atoms with van der Waals surface area (Å²) in [5.41, 5.74) is 4.92. The van der Waals surface area contributed by atoms with Crippen LogP contribution in [0.1, 0.15) is 54.8 Å². The van der Waals surface area contributed by atoms with Crippen molar-refractivity contribution in [2.24, 2.45) is 0 Å². The Morgan fingerprint density at radius 1 is 1.10 bits per heavy atom. The number of hydrogen-bond acceptors (Lipinski definition) is 5. The van der Waals surface area contributed by atoms with E-state index < -0.39 is 0 Å². The molecule has 0 aliphatic carbocycles. The number of aryl methyl sites for hydroxylation is 1. The minimum Gasteiger partial charge on any atom is -0.423 e. The molecule has 31 heavy (non-hydrogen) atoms. The normalized spacial score (nSPS) is 11.5. The summed E-state index contributed by atoms with van der Waals surface area (Å²) in [6.45, 7) is 9.32. The quantitative estimate of drug-likeness (QED) is 0.276. The zero-order chi connectivity index (χ0) is 22.0. The van der Waals surface area contributed by atoms with Gasteiger partial charge in [0.1, 0.15) is 11.4 Å². The van der Waals surface area contributed by atoms with E-state index in [4.69, 9.17) is 4.42 Å². The van der Waals surface area contributed by atoms with Crippen molar-refractivity contribution in [2.75, 3.05) is 0 Å². The first-order valence-corrected chi connectivity index (χ1v) is 11.6. The van der Waals surface area contributed by atoms with Gasteiger partial charge in [-0.2, -0.15) is 0 Å². The fourth-order valence-corrected chi connectivity index (χ4v) is 4.94. The zero-order valence-electron chi connectivity index (χ0n) is 18.4. The van der Waals surface area contributed by atoms with Crippen LogP contribution in [0.4, 0.5) is 0 Å². The van der Waals surface area contributed by atoms with E-state index in [9.17, 15) is 4.79 Å². The van der Waals surface area contributed by atoms with Gasteiger partial charge in [0, 0.05) is 30.2 Å². The molecule has 6 heteroatoms. The van der Waals surface area contributed by atoms with Crippen LogP contribution in [-0.4, -0.2) is 14.8 Å². The van der Waals surface area contributed by atoms with Gasteiger partial charge in [-0.05, 0) is 54.2 Å². The van der Waals surface area contributed by atoms with Crippen molar-refractivity contribution in [3.8, 4) is 0 Å². The van der Waals surface area contributed by atoms with Gasteiger partial charge in [-0.15, -0.1) is 10.2 Å². The molecule has 2 heterocycles. The monoisotopic (exact) mass is 433 g/mol. The highest BCUT2D eigenvalue weighted by molar-refractivity contribution is 7.98. The highest BCUT2D eigenvalue weighted by Crippen LogP contribution is 2.30. The Kier molecular flexibility index (Phi) is 6.28. The highest BCUT2D eigenvalue weighted by Gasteiger charge is 2.15. The van der Waals surface area contributed by atoms with Crippen LogP contribution in [0.3, 0.4) is 0 Å². The largest absolute Gasteiger partial charge is 0.423 e. The average molecular weight is 434 g/mol.